The number of carbonyl (C=O) groups is 1. The van der Waals surface area contributed by atoms with Crippen molar-refractivity contribution in [2.24, 2.45) is 0 Å². The highest BCUT2D eigenvalue weighted by Gasteiger charge is 2.17. The van der Waals surface area contributed by atoms with Crippen molar-refractivity contribution in [2.45, 2.75) is 25.4 Å². The van der Waals surface area contributed by atoms with Gasteiger partial charge < -0.3 is 20.0 Å². The van der Waals surface area contributed by atoms with Gasteiger partial charge in [-0.05, 0) is 44.6 Å². The molecule has 0 fully saturated rings. The number of rotatable bonds is 7. The van der Waals surface area contributed by atoms with Gasteiger partial charge in [-0.1, -0.05) is 6.07 Å². The molecule has 22 heavy (non-hydrogen) atoms. The van der Waals surface area contributed by atoms with Gasteiger partial charge in [-0.3, -0.25) is 0 Å². The first kappa shape index (κ1) is 16.6. The molecule has 2 N–H and O–H groups in total. The zero-order valence-corrected chi connectivity index (χ0v) is 14.0. The third kappa shape index (κ3) is 4.89. The van der Waals surface area contributed by atoms with Crippen molar-refractivity contribution in [1.29, 1.82) is 0 Å². The molecule has 5 nitrogen and oxygen atoms in total. The Morgan fingerprint density at radius 3 is 2.77 bits per heavy atom. The third-order valence-electron chi connectivity index (χ3n) is 3.42. The van der Waals surface area contributed by atoms with E-state index in [9.17, 15) is 4.79 Å². The van der Waals surface area contributed by atoms with Gasteiger partial charge in [0.2, 0.25) is 0 Å². The summed E-state index contributed by atoms with van der Waals surface area (Å²) in [5, 5.41) is 7.93. The van der Waals surface area contributed by atoms with Crippen molar-refractivity contribution in [3.05, 3.63) is 46.5 Å². The minimum atomic E-state index is -0.150. The van der Waals surface area contributed by atoms with E-state index >= 15 is 0 Å². The van der Waals surface area contributed by atoms with Gasteiger partial charge >= 0.3 is 6.03 Å². The summed E-state index contributed by atoms with van der Waals surface area (Å²) in [5.74, 6) is 0.873. The number of furan rings is 1. The van der Waals surface area contributed by atoms with Crippen LogP contribution in [0.2, 0.25) is 0 Å². The fourth-order valence-corrected chi connectivity index (χ4v) is 3.19. The van der Waals surface area contributed by atoms with Crippen molar-refractivity contribution in [1.82, 2.24) is 15.5 Å². The number of thiophene rings is 1. The zero-order chi connectivity index (χ0) is 15.9. The van der Waals surface area contributed by atoms with Crippen LogP contribution in [0.5, 0.6) is 0 Å². The summed E-state index contributed by atoms with van der Waals surface area (Å²) in [4.78, 5) is 15.4. The summed E-state index contributed by atoms with van der Waals surface area (Å²) in [7, 11) is 4.03. The summed E-state index contributed by atoms with van der Waals surface area (Å²) in [6.07, 6.45) is 2.33. The van der Waals surface area contributed by atoms with Crippen molar-refractivity contribution in [2.75, 3.05) is 20.6 Å². The second kappa shape index (κ2) is 8.00. The maximum Gasteiger partial charge on any atom is 0.315 e. The summed E-state index contributed by atoms with van der Waals surface area (Å²) in [5.41, 5.74) is 0. The number of nitrogens with zero attached hydrogens (tertiary/aromatic N) is 1. The van der Waals surface area contributed by atoms with Crippen LogP contribution in [0, 0.1) is 0 Å². The summed E-state index contributed by atoms with van der Waals surface area (Å²) >= 11 is 1.70. The Morgan fingerprint density at radius 2 is 2.18 bits per heavy atom. The van der Waals surface area contributed by atoms with E-state index in [1.54, 1.807) is 17.6 Å². The number of hydrogen-bond acceptors (Lipinski definition) is 4. The van der Waals surface area contributed by atoms with Crippen LogP contribution >= 0.6 is 11.3 Å². The minimum absolute atomic E-state index is 0.0192. The van der Waals surface area contributed by atoms with Crippen LogP contribution in [0.15, 0.2) is 40.3 Å². The highest BCUT2D eigenvalue weighted by molar-refractivity contribution is 7.10. The quantitative estimate of drug-likeness (QED) is 0.824. The van der Waals surface area contributed by atoms with Crippen LogP contribution in [-0.2, 0) is 6.42 Å². The molecule has 0 aromatic carbocycles. The molecule has 0 unspecified atom stereocenters. The largest absolute Gasteiger partial charge is 0.469 e. The molecule has 0 saturated heterocycles. The number of carbonyl (C=O) groups excluding carboxylic acids is 1. The lowest BCUT2D eigenvalue weighted by atomic mass is 10.2. The van der Waals surface area contributed by atoms with Gasteiger partial charge in [0.1, 0.15) is 5.76 Å². The van der Waals surface area contributed by atoms with E-state index in [0.717, 1.165) is 5.76 Å². The molecule has 0 bridgehead atoms. The van der Waals surface area contributed by atoms with E-state index in [2.05, 4.69) is 27.0 Å². The van der Waals surface area contributed by atoms with Gasteiger partial charge in [-0.2, -0.15) is 0 Å². The van der Waals surface area contributed by atoms with E-state index in [0.29, 0.717) is 13.0 Å². The van der Waals surface area contributed by atoms with Gasteiger partial charge in [0.15, 0.2) is 0 Å². The number of likely N-dealkylation sites (N-methyl/N-ethyl adjacent to an activating group) is 1. The van der Waals surface area contributed by atoms with Gasteiger partial charge in [-0.25, -0.2) is 4.79 Å². The first-order chi connectivity index (χ1) is 10.6. The number of amides is 2. The molecular weight excluding hydrogens is 298 g/mol. The number of hydrogen-bond donors (Lipinski definition) is 2. The summed E-state index contributed by atoms with van der Waals surface area (Å²) in [6, 6.07) is 7.94. The Balaban J connectivity index is 1.78. The van der Waals surface area contributed by atoms with Crippen molar-refractivity contribution < 1.29 is 9.21 Å². The van der Waals surface area contributed by atoms with Gasteiger partial charge in [0.25, 0.3) is 0 Å². The Bertz CT molecular complexity index is 552. The topological polar surface area (TPSA) is 57.5 Å². The predicted octanol–water partition coefficient (Wildman–Crippen LogP) is 2.87. The first-order valence-corrected chi connectivity index (χ1v) is 8.21. The van der Waals surface area contributed by atoms with Crippen LogP contribution in [0.3, 0.4) is 0 Å². The number of nitrogens with one attached hydrogen (secondary N) is 2. The Morgan fingerprint density at radius 1 is 1.36 bits per heavy atom. The van der Waals surface area contributed by atoms with Crippen LogP contribution in [0.1, 0.15) is 23.6 Å². The average molecular weight is 321 g/mol. The molecule has 6 heteroatoms. The molecule has 0 aliphatic carbocycles. The smallest absolute Gasteiger partial charge is 0.315 e. The SMILES string of the molecule is C[C@@H](Cc1ccco1)NC(=O)NC[C@@H](c1cccs1)N(C)C. The van der Waals surface area contributed by atoms with E-state index in [1.807, 2.05) is 39.2 Å². The molecule has 0 radical (unpaired) electrons. The summed E-state index contributed by atoms with van der Waals surface area (Å²) < 4.78 is 5.29. The van der Waals surface area contributed by atoms with E-state index in [4.69, 9.17) is 4.42 Å². The zero-order valence-electron chi connectivity index (χ0n) is 13.2. The molecule has 2 aromatic heterocycles. The fourth-order valence-electron chi connectivity index (χ4n) is 2.26. The Kier molecular flexibility index (Phi) is 6.03. The minimum Gasteiger partial charge on any atom is -0.469 e. The predicted molar refractivity (Wildman–Crippen MR) is 89.2 cm³/mol. The summed E-state index contributed by atoms with van der Waals surface area (Å²) in [6.45, 7) is 2.54. The second-order valence-electron chi connectivity index (χ2n) is 5.53. The van der Waals surface area contributed by atoms with E-state index in [1.165, 1.54) is 4.88 Å². The molecule has 2 aromatic rings. The van der Waals surface area contributed by atoms with Gasteiger partial charge in [0.05, 0.1) is 12.3 Å². The highest BCUT2D eigenvalue weighted by Crippen LogP contribution is 2.22. The lowest BCUT2D eigenvalue weighted by Gasteiger charge is -2.24. The maximum absolute atomic E-state index is 12.0. The van der Waals surface area contributed by atoms with E-state index in [-0.39, 0.29) is 18.1 Å². The highest BCUT2D eigenvalue weighted by atomic mass is 32.1. The van der Waals surface area contributed by atoms with Crippen LogP contribution < -0.4 is 10.6 Å². The van der Waals surface area contributed by atoms with E-state index < -0.39 is 0 Å². The molecule has 2 heterocycles. The normalized spacial score (nSPS) is 13.8. The monoisotopic (exact) mass is 321 g/mol. The average Bonchev–Trinajstić information content (AvgIpc) is 3.11. The molecular formula is C16H23N3O2S. The van der Waals surface area contributed by atoms with Crippen molar-refractivity contribution in [3.63, 3.8) is 0 Å². The fraction of sp³-hybridized carbons (Fsp3) is 0.438. The first-order valence-electron chi connectivity index (χ1n) is 7.33. The van der Waals surface area contributed by atoms with Crippen molar-refractivity contribution in [3.8, 4) is 0 Å². The van der Waals surface area contributed by atoms with Crippen molar-refractivity contribution >= 4 is 17.4 Å². The molecule has 2 amide bonds. The molecule has 0 spiro atoms. The van der Waals surface area contributed by atoms with Gasteiger partial charge in [-0.15, -0.1) is 11.3 Å². The molecule has 2 rings (SSSR count). The molecule has 120 valence electrons. The third-order valence-corrected chi connectivity index (χ3v) is 4.39. The Labute approximate surface area is 135 Å². The van der Waals surface area contributed by atoms with Crippen LogP contribution in [0.4, 0.5) is 4.79 Å². The van der Waals surface area contributed by atoms with Gasteiger partial charge in [0, 0.05) is 23.9 Å². The molecule has 2 atom stereocenters. The Hall–Kier alpha value is -1.79. The standard InChI is InChI=1S/C16H23N3O2S/c1-12(10-13-6-4-8-21-13)18-16(20)17-11-14(19(2)3)15-7-5-9-22-15/h4-9,12,14H,10-11H2,1-3H3,(H2,17,18,20)/t12-,14-/m0/s1. The second-order valence-corrected chi connectivity index (χ2v) is 6.51. The lowest BCUT2D eigenvalue weighted by Crippen LogP contribution is -2.44. The van der Waals surface area contributed by atoms with Crippen LogP contribution in [0.25, 0.3) is 0 Å². The van der Waals surface area contributed by atoms with Crippen LogP contribution in [-0.4, -0.2) is 37.6 Å². The maximum atomic E-state index is 12.0. The molecule has 0 saturated carbocycles. The lowest BCUT2D eigenvalue weighted by molar-refractivity contribution is 0.230. The molecule has 0 aliphatic heterocycles. The number of urea groups is 1. The molecule has 0 aliphatic rings.